The van der Waals surface area contributed by atoms with Crippen LogP contribution in [0.2, 0.25) is 0 Å². The van der Waals surface area contributed by atoms with Crippen molar-refractivity contribution < 1.29 is 19.5 Å². The molecule has 2 N–H and O–H groups in total. The zero-order valence-corrected chi connectivity index (χ0v) is 12.0. The molecule has 0 unspecified atom stereocenters. The van der Waals surface area contributed by atoms with E-state index in [0.29, 0.717) is 13.0 Å². The van der Waals surface area contributed by atoms with Crippen LogP contribution in [0.25, 0.3) is 0 Å². The van der Waals surface area contributed by atoms with Gasteiger partial charge in [-0.25, -0.2) is 0 Å². The Morgan fingerprint density at radius 1 is 1.14 bits per heavy atom. The van der Waals surface area contributed by atoms with Crippen molar-refractivity contribution in [2.24, 2.45) is 0 Å². The molecule has 7 nitrogen and oxygen atoms in total. The number of carbonyl (C=O) groups excluding carboxylic acids is 3. The summed E-state index contributed by atoms with van der Waals surface area (Å²) in [5, 5.41) is 15.6. The van der Waals surface area contributed by atoms with Gasteiger partial charge in [0.1, 0.15) is 0 Å². The average Bonchev–Trinajstić information content (AvgIpc) is 2.43. The van der Waals surface area contributed by atoms with E-state index in [1.165, 1.54) is 18.2 Å². The van der Waals surface area contributed by atoms with Crippen molar-refractivity contribution in [1.29, 1.82) is 0 Å². The Morgan fingerprint density at radius 2 is 1.81 bits per heavy atom. The van der Waals surface area contributed by atoms with Crippen molar-refractivity contribution in [3.63, 3.8) is 0 Å². The lowest BCUT2D eigenvalue weighted by Gasteiger charge is -2.12. The van der Waals surface area contributed by atoms with Crippen molar-refractivity contribution in [3.8, 4) is 0 Å². The number of para-hydroxylation sites is 1. The van der Waals surface area contributed by atoms with Gasteiger partial charge in [-0.2, -0.15) is 0 Å². The lowest BCUT2D eigenvalue weighted by Crippen LogP contribution is -2.37. The Hall–Kier alpha value is -2.41. The normalized spacial score (nSPS) is 10.2. The van der Waals surface area contributed by atoms with E-state index in [9.17, 15) is 19.5 Å². The Kier molecular flexibility index (Phi) is 6.35. The second-order valence-corrected chi connectivity index (χ2v) is 4.70. The molecule has 1 aromatic carbocycles. The lowest BCUT2D eigenvalue weighted by molar-refractivity contribution is -0.254. The minimum atomic E-state index is -1.42. The fourth-order valence-electron chi connectivity index (χ4n) is 1.63. The summed E-state index contributed by atoms with van der Waals surface area (Å²) in [6, 6.07) is 5.74. The molecule has 2 amide bonds. The fraction of sp³-hybridized carbons (Fsp3) is 0.357. The third kappa shape index (κ3) is 5.62. The Bertz CT molecular complexity index is 529. The first-order chi connectivity index (χ1) is 9.91. The maximum atomic E-state index is 11.7. The van der Waals surface area contributed by atoms with Gasteiger partial charge in [-0.3, -0.25) is 9.59 Å². The van der Waals surface area contributed by atoms with Gasteiger partial charge in [-0.1, -0.05) is 18.2 Å². The maximum Gasteiger partial charge on any atom is 0.313 e. The zero-order valence-electron chi connectivity index (χ0n) is 12.0. The van der Waals surface area contributed by atoms with Gasteiger partial charge in [0.15, 0.2) is 0 Å². The predicted molar refractivity (Wildman–Crippen MR) is 75.6 cm³/mol. The van der Waals surface area contributed by atoms with Gasteiger partial charge in [0, 0.05) is 12.1 Å². The second kappa shape index (κ2) is 8.01. The van der Waals surface area contributed by atoms with Crippen LogP contribution in [-0.2, 0) is 9.59 Å². The standard InChI is InChI=1S/C14H19N3O4/c1-17(2)9-5-8-15-12(18)13(19)16-11-7-4-3-6-10(11)14(20)21/h3-4,6-7H,5,8-9H2,1-2H3,(H,15,18)(H,16,19)(H,20,21)/p-1. The van der Waals surface area contributed by atoms with E-state index in [1.54, 1.807) is 6.07 Å². The van der Waals surface area contributed by atoms with Crippen molar-refractivity contribution >= 4 is 23.5 Å². The van der Waals surface area contributed by atoms with E-state index in [4.69, 9.17) is 0 Å². The minimum Gasteiger partial charge on any atom is -0.545 e. The van der Waals surface area contributed by atoms with Crippen molar-refractivity contribution in [3.05, 3.63) is 29.8 Å². The highest BCUT2D eigenvalue weighted by molar-refractivity contribution is 6.39. The van der Waals surface area contributed by atoms with Gasteiger partial charge in [0.05, 0.1) is 11.7 Å². The first-order valence-electron chi connectivity index (χ1n) is 6.46. The average molecular weight is 292 g/mol. The summed E-state index contributed by atoms with van der Waals surface area (Å²) in [7, 11) is 3.82. The first-order valence-corrected chi connectivity index (χ1v) is 6.46. The molecule has 0 aliphatic rings. The third-order valence-corrected chi connectivity index (χ3v) is 2.67. The minimum absolute atomic E-state index is 0.0333. The van der Waals surface area contributed by atoms with Crippen LogP contribution in [0.4, 0.5) is 5.69 Å². The maximum absolute atomic E-state index is 11.7. The molecule has 7 heteroatoms. The van der Waals surface area contributed by atoms with E-state index in [1.807, 2.05) is 19.0 Å². The van der Waals surface area contributed by atoms with Crippen LogP contribution in [-0.4, -0.2) is 49.9 Å². The van der Waals surface area contributed by atoms with E-state index in [2.05, 4.69) is 10.6 Å². The monoisotopic (exact) mass is 292 g/mol. The number of hydrogen-bond acceptors (Lipinski definition) is 5. The molecule has 0 aromatic heterocycles. The first kappa shape index (κ1) is 16.6. The van der Waals surface area contributed by atoms with Crippen molar-refractivity contribution in [2.45, 2.75) is 6.42 Å². The molecule has 0 saturated heterocycles. The number of benzene rings is 1. The number of carboxylic acids is 1. The molecular formula is C14H18N3O4-. The van der Waals surface area contributed by atoms with Gasteiger partial charge in [-0.05, 0) is 33.1 Å². The number of nitrogens with one attached hydrogen (secondary N) is 2. The molecule has 0 fully saturated rings. The molecular weight excluding hydrogens is 274 g/mol. The summed E-state index contributed by atoms with van der Waals surface area (Å²) in [6.45, 7) is 1.15. The topological polar surface area (TPSA) is 102 Å². The van der Waals surface area contributed by atoms with Crippen LogP contribution < -0.4 is 15.7 Å². The molecule has 0 aliphatic heterocycles. The number of amides is 2. The molecule has 0 aliphatic carbocycles. The van der Waals surface area contributed by atoms with E-state index < -0.39 is 17.8 Å². The van der Waals surface area contributed by atoms with E-state index >= 15 is 0 Å². The van der Waals surface area contributed by atoms with Crippen LogP contribution in [0.5, 0.6) is 0 Å². The van der Waals surface area contributed by atoms with Gasteiger partial charge in [-0.15, -0.1) is 0 Å². The van der Waals surface area contributed by atoms with Gasteiger partial charge >= 0.3 is 11.8 Å². The number of carbonyl (C=O) groups is 3. The summed E-state index contributed by atoms with van der Waals surface area (Å²) in [5.41, 5.74) is -0.141. The Balaban J connectivity index is 2.53. The number of aromatic carboxylic acids is 1. The highest BCUT2D eigenvalue weighted by atomic mass is 16.4. The number of carboxylic acid groups (broad SMARTS) is 1. The lowest BCUT2D eigenvalue weighted by atomic mass is 10.2. The molecule has 1 rings (SSSR count). The van der Waals surface area contributed by atoms with Crippen LogP contribution in [0.15, 0.2) is 24.3 Å². The molecule has 0 radical (unpaired) electrons. The number of anilines is 1. The quantitative estimate of drug-likeness (QED) is 0.520. The molecule has 0 spiro atoms. The van der Waals surface area contributed by atoms with Gasteiger partial charge in [0.2, 0.25) is 0 Å². The summed E-state index contributed by atoms with van der Waals surface area (Å²) < 4.78 is 0. The SMILES string of the molecule is CN(C)CCCNC(=O)C(=O)Nc1ccccc1C(=O)[O-]. The Morgan fingerprint density at radius 3 is 2.43 bits per heavy atom. The largest absolute Gasteiger partial charge is 0.545 e. The Labute approximate surface area is 122 Å². The van der Waals surface area contributed by atoms with Crippen molar-refractivity contribution in [1.82, 2.24) is 10.2 Å². The smallest absolute Gasteiger partial charge is 0.313 e. The molecule has 0 saturated carbocycles. The second-order valence-electron chi connectivity index (χ2n) is 4.70. The highest BCUT2D eigenvalue weighted by Gasteiger charge is 2.14. The van der Waals surface area contributed by atoms with Crippen LogP contribution in [0, 0.1) is 0 Å². The van der Waals surface area contributed by atoms with Crippen molar-refractivity contribution in [2.75, 3.05) is 32.5 Å². The van der Waals surface area contributed by atoms with E-state index in [0.717, 1.165) is 6.54 Å². The summed E-state index contributed by atoms with van der Waals surface area (Å²) in [4.78, 5) is 36.1. The van der Waals surface area contributed by atoms with Gasteiger partial charge in [0.25, 0.3) is 0 Å². The summed E-state index contributed by atoms with van der Waals surface area (Å²) in [6.07, 6.45) is 0.710. The fourth-order valence-corrected chi connectivity index (χ4v) is 1.63. The third-order valence-electron chi connectivity index (χ3n) is 2.67. The molecule has 1 aromatic rings. The zero-order chi connectivity index (χ0) is 15.8. The summed E-state index contributed by atoms with van der Waals surface area (Å²) in [5.74, 6) is -3.13. The molecule has 114 valence electrons. The number of hydrogen-bond donors (Lipinski definition) is 2. The van der Waals surface area contributed by atoms with Gasteiger partial charge < -0.3 is 25.4 Å². The summed E-state index contributed by atoms with van der Waals surface area (Å²) >= 11 is 0. The molecule has 0 heterocycles. The predicted octanol–water partition coefficient (Wildman–Crippen LogP) is -0.943. The van der Waals surface area contributed by atoms with E-state index in [-0.39, 0.29) is 11.3 Å². The van der Waals surface area contributed by atoms with Crippen LogP contribution in [0.1, 0.15) is 16.8 Å². The highest BCUT2D eigenvalue weighted by Crippen LogP contribution is 2.13. The molecule has 0 atom stereocenters. The number of rotatable bonds is 6. The number of nitrogens with zero attached hydrogens (tertiary/aromatic N) is 1. The van der Waals surface area contributed by atoms with Crippen LogP contribution in [0.3, 0.4) is 0 Å². The molecule has 0 bridgehead atoms. The van der Waals surface area contributed by atoms with Crippen LogP contribution >= 0.6 is 0 Å². The molecule has 21 heavy (non-hydrogen) atoms.